The minimum Gasteiger partial charge on any atom is -0.480 e. The number of amides is 1. The molecule has 3 aliphatic heterocycles. The molecule has 0 radical (unpaired) electrons. The summed E-state index contributed by atoms with van der Waals surface area (Å²) in [5.74, 6) is -0.707. The quantitative estimate of drug-likeness (QED) is 0.208. The molecule has 0 spiro atoms. The van der Waals surface area contributed by atoms with Crippen LogP contribution in [0.2, 0.25) is 0 Å². The van der Waals surface area contributed by atoms with Crippen molar-refractivity contribution < 1.29 is 23.5 Å². The van der Waals surface area contributed by atoms with Crippen LogP contribution >= 0.6 is 0 Å². The van der Waals surface area contributed by atoms with Crippen LogP contribution in [0.1, 0.15) is 93.9 Å². The maximum atomic E-state index is 13.1. The molecule has 2 N–H and O–H groups in total. The standard InChI is InChI=1S/C24H36N4O2.C15H18N2O3/c1-16-14-20-22(15-17(16)2)30-24(26-20)28-12-6-5-10-21(28)23(29)25-11-13-27-18(3)8-7-9-19(27)4;1-9-7-11-13(8-10(9)2)20-15(16-11)17-6-4-3-5-12(17)14(18)19/h14-15,18-19,21H,5-13H2,1-4H3,(H,25,29);7-8,12H,3-6H2,1-2H3,(H,18,19)/t18-,19+,21-;12-/m00/s1. The number of likely N-dealkylation sites (tertiary alicyclic amines) is 1. The number of aliphatic carboxylic acids is 1. The number of nitrogens with one attached hydrogen (secondary N) is 1. The molecule has 0 unspecified atom stereocenters. The highest BCUT2D eigenvalue weighted by Crippen LogP contribution is 2.31. The number of carboxylic acid groups (broad SMARTS) is 1. The highest BCUT2D eigenvalue weighted by atomic mass is 16.4. The normalized spacial score (nSPS) is 23.2. The lowest BCUT2D eigenvalue weighted by Crippen LogP contribution is -2.52. The third-order valence-electron chi connectivity index (χ3n) is 11.1. The van der Waals surface area contributed by atoms with E-state index in [2.05, 4.69) is 53.9 Å². The second-order valence-corrected chi connectivity index (χ2v) is 14.7. The summed E-state index contributed by atoms with van der Waals surface area (Å²) in [5, 5.41) is 12.5. The van der Waals surface area contributed by atoms with E-state index >= 15 is 0 Å². The zero-order chi connectivity index (χ0) is 35.5. The Hall–Kier alpha value is -4.12. The molecule has 11 nitrogen and oxygen atoms in total. The summed E-state index contributed by atoms with van der Waals surface area (Å²) in [4.78, 5) is 40.0. The van der Waals surface area contributed by atoms with Gasteiger partial charge in [-0.05, 0) is 139 Å². The van der Waals surface area contributed by atoms with Crippen LogP contribution in [0.5, 0.6) is 0 Å². The second kappa shape index (κ2) is 15.4. The summed E-state index contributed by atoms with van der Waals surface area (Å²) in [7, 11) is 0. The van der Waals surface area contributed by atoms with Gasteiger partial charge in [0.1, 0.15) is 23.1 Å². The molecule has 0 saturated carbocycles. The van der Waals surface area contributed by atoms with Gasteiger partial charge in [0.05, 0.1) is 0 Å². The molecular formula is C39H54N6O5. The van der Waals surface area contributed by atoms with Crippen molar-refractivity contribution in [1.29, 1.82) is 0 Å². The number of hydrogen-bond donors (Lipinski definition) is 2. The monoisotopic (exact) mass is 686 g/mol. The van der Waals surface area contributed by atoms with E-state index in [-0.39, 0.29) is 11.9 Å². The first-order valence-electron chi connectivity index (χ1n) is 18.5. The lowest BCUT2D eigenvalue weighted by Gasteiger charge is -2.39. The largest absolute Gasteiger partial charge is 0.480 e. The third-order valence-corrected chi connectivity index (χ3v) is 11.1. The molecule has 0 aliphatic carbocycles. The number of carbonyl (C=O) groups excluding carboxylic acids is 1. The van der Waals surface area contributed by atoms with Crippen molar-refractivity contribution in [3.05, 3.63) is 46.5 Å². The average molecular weight is 687 g/mol. The van der Waals surface area contributed by atoms with E-state index in [0.717, 1.165) is 78.5 Å². The molecule has 11 heteroatoms. The summed E-state index contributed by atoms with van der Waals surface area (Å²) in [6.07, 6.45) is 9.34. The molecule has 7 rings (SSSR count). The first-order chi connectivity index (χ1) is 24.0. The van der Waals surface area contributed by atoms with E-state index < -0.39 is 12.0 Å². The Bertz CT molecular complexity index is 1730. The van der Waals surface area contributed by atoms with E-state index in [4.69, 9.17) is 13.8 Å². The van der Waals surface area contributed by atoms with Gasteiger partial charge in [-0.2, -0.15) is 9.97 Å². The fraction of sp³-hybridized carbons (Fsp3) is 0.590. The van der Waals surface area contributed by atoms with Crippen molar-refractivity contribution in [3.63, 3.8) is 0 Å². The number of aryl methyl sites for hydroxylation is 4. The Morgan fingerprint density at radius 3 is 1.72 bits per heavy atom. The summed E-state index contributed by atoms with van der Waals surface area (Å²) in [6.45, 7) is 15.9. The van der Waals surface area contributed by atoms with Gasteiger partial charge >= 0.3 is 5.97 Å². The molecule has 4 atom stereocenters. The topological polar surface area (TPSA) is 128 Å². The van der Waals surface area contributed by atoms with Gasteiger partial charge < -0.3 is 29.1 Å². The number of carboxylic acids is 1. The fourth-order valence-electron chi connectivity index (χ4n) is 7.77. The van der Waals surface area contributed by atoms with Crippen LogP contribution in [-0.4, -0.2) is 82.2 Å². The molecule has 5 heterocycles. The molecule has 2 aromatic carbocycles. The van der Waals surface area contributed by atoms with Crippen LogP contribution in [-0.2, 0) is 9.59 Å². The van der Waals surface area contributed by atoms with Crippen molar-refractivity contribution in [3.8, 4) is 0 Å². The van der Waals surface area contributed by atoms with Crippen molar-refractivity contribution in [1.82, 2.24) is 20.2 Å². The number of rotatable bonds is 7. The van der Waals surface area contributed by atoms with E-state index in [0.29, 0.717) is 43.6 Å². The van der Waals surface area contributed by atoms with Crippen molar-refractivity contribution in [2.75, 3.05) is 36.0 Å². The molecular weight excluding hydrogens is 632 g/mol. The zero-order valence-electron chi connectivity index (χ0n) is 30.6. The molecule has 3 aliphatic rings. The maximum Gasteiger partial charge on any atom is 0.326 e. The summed E-state index contributed by atoms with van der Waals surface area (Å²) in [5.41, 5.74) is 7.88. The number of benzene rings is 2. The Labute approximate surface area is 295 Å². The van der Waals surface area contributed by atoms with E-state index in [9.17, 15) is 14.7 Å². The molecule has 0 bridgehead atoms. The van der Waals surface area contributed by atoms with Crippen LogP contribution < -0.4 is 15.1 Å². The summed E-state index contributed by atoms with van der Waals surface area (Å²) < 4.78 is 11.9. The molecule has 3 fully saturated rings. The lowest BCUT2D eigenvalue weighted by molar-refractivity contribution is -0.139. The molecule has 3 saturated heterocycles. The van der Waals surface area contributed by atoms with Gasteiger partial charge in [-0.1, -0.05) is 6.42 Å². The van der Waals surface area contributed by atoms with Gasteiger partial charge in [0, 0.05) is 38.3 Å². The van der Waals surface area contributed by atoms with Crippen LogP contribution in [0, 0.1) is 27.7 Å². The SMILES string of the molecule is Cc1cc2nc(N3CCCC[C@H]3C(=O)NCCN3[C@H](C)CCC[C@@H]3C)oc2cc1C.Cc1cc2nc(N3CCCC[C@H]3C(=O)O)oc2cc1C. The van der Waals surface area contributed by atoms with Crippen molar-refractivity contribution in [2.24, 2.45) is 0 Å². The predicted octanol–water partition coefficient (Wildman–Crippen LogP) is 7.07. The first kappa shape index (κ1) is 35.7. The van der Waals surface area contributed by atoms with Gasteiger partial charge in [0.2, 0.25) is 5.91 Å². The lowest BCUT2D eigenvalue weighted by atomic mass is 9.97. The minimum absolute atomic E-state index is 0.0987. The predicted molar refractivity (Wildman–Crippen MR) is 197 cm³/mol. The van der Waals surface area contributed by atoms with Gasteiger partial charge in [-0.15, -0.1) is 0 Å². The number of hydrogen-bond acceptors (Lipinski definition) is 9. The maximum absolute atomic E-state index is 13.1. The van der Waals surface area contributed by atoms with Crippen LogP contribution in [0.4, 0.5) is 12.0 Å². The van der Waals surface area contributed by atoms with Gasteiger partial charge in [-0.25, -0.2) is 4.79 Å². The van der Waals surface area contributed by atoms with E-state index in [1.807, 2.05) is 32.0 Å². The van der Waals surface area contributed by atoms with E-state index in [1.54, 1.807) is 4.90 Å². The number of carbonyl (C=O) groups is 2. The summed E-state index contributed by atoms with van der Waals surface area (Å²) >= 11 is 0. The molecule has 270 valence electrons. The Morgan fingerprint density at radius 2 is 1.20 bits per heavy atom. The Kier molecular flexibility index (Phi) is 11.0. The third kappa shape index (κ3) is 7.77. The van der Waals surface area contributed by atoms with Crippen LogP contribution in [0.15, 0.2) is 33.1 Å². The fourth-order valence-corrected chi connectivity index (χ4v) is 7.77. The van der Waals surface area contributed by atoms with E-state index in [1.165, 1.54) is 30.4 Å². The number of piperidine rings is 3. The Morgan fingerprint density at radius 1 is 0.720 bits per heavy atom. The minimum atomic E-state index is -0.806. The first-order valence-corrected chi connectivity index (χ1v) is 18.5. The van der Waals surface area contributed by atoms with Crippen molar-refractivity contribution >= 4 is 46.1 Å². The number of anilines is 2. The molecule has 1 amide bonds. The van der Waals surface area contributed by atoms with Crippen molar-refractivity contribution in [2.45, 2.75) is 123 Å². The molecule has 50 heavy (non-hydrogen) atoms. The zero-order valence-corrected chi connectivity index (χ0v) is 30.6. The molecule has 2 aromatic heterocycles. The second-order valence-electron chi connectivity index (χ2n) is 14.7. The van der Waals surface area contributed by atoms with Gasteiger partial charge in [0.25, 0.3) is 12.0 Å². The number of aromatic nitrogens is 2. The highest BCUT2D eigenvalue weighted by molar-refractivity contribution is 5.85. The number of oxazole rings is 2. The molecule has 4 aromatic rings. The van der Waals surface area contributed by atoms with Crippen LogP contribution in [0.3, 0.4) is 0 Å². The summed E-state index contributed by atoms with van der Waals surface area (Å²) in [6, 6.07) is 9.53. The smallest absolute Gasteiger partial charge is 0.326 e. The van der Waals surface area contributed by atoms with Gasteiger partial charge in [-0.3, -0.25) is 9.69 Å². The van der Waals surface area contributed by atoms with Gasteiger partial charge in [0.15, 0.2) is 11.2 Å². The highest BCUT2D eigenvalue weighted by Gasteiger charge is 2.33. The van der Waals surface area contributed by atoms with Crippen LogP contribution in [0.25, 0.3) is 22.2 Å². The Balaban J connectivity index is 0.000000187. The number of fused-ring (bicyclic) bond motifs is 2. The number of nitrogens with zero attached hydrogens (tertiary/aromatic N) is 5. The average Bonchev–Trinajstić information content (AvgIpc) is 3.70.